The highest BCUT2D eigenvalue weighted by Crippen LogP contribution is 2.28. The number of benzene rings is 1. The van der Waals surface area contributed by atoms with Crippen molar-refractivity contribution in [2.45, 2.75) is 32.9 Å². The first kappa shape index (κ1) is 18.4. The minimum Gasteiger partial charge on any atom is -0.371 e. The number of hydrogen-bond donors (Lipinski definition) is 1. The molecule has 1 saturated carbocycles. The van der Waals surface area contributed by atoms with E-state index in [-0.39, 0.29) is 12.5 Å². The Labute approximate surface area is 151 Å². The van der Waals surface area contributed by atoms with E-state index in [4.69, 9.17) is 4.74 Å². The summed E-state index contributed by atoms with van der Waals surface area (Å²) in [5, 5.41) is 3.00. The Kier molecular flexibility index (Phi) is 6.84. The second-order valence-electron chi connectivity index (χ2n) is 7.21. The van der Waals surface area contributed by atoms with Crippen molar-refractivity contribution in [3.05, 3.63) is 35.4 Å². The summed E-state index contributed by atoms with van der Waals surface area (Å²) in [5.41, 5.74) is 2.52. The van der Waals surface area contributed by atoms with Crippen LogP contribution >= 0.6 is 0 Å². The Morgan fingerprint density at radius 2 is 1.80 bits per heavy atom. The molecule has 138 valence electrons. The first-order valence-electron chi connectivity index (χ1n) is 9.60. The van der Waals surface area contributed by atoms with E-state index in [2.05, 4.69) is 40.2 Å². The molecule has 1 aromatic rings. The van der Waals surface area contributed by atoms with Crippen LogP contribution < -0.4 is 5.32 Å². The quantitative estimate of drug-likeness (QED) is 0.742. The normalized spacial score (nSPS) is 19.1. The molecule has 1 saturated heterocycles. The molecule has 0 atom stereocenters. The molecule has 2 fully saturated rings. The number of nitrogens with one attached hydrogen (secondary N) is 1. The summed E-state index contributed by atoms with van der Waals surface area (Å²) < 4.78 is 5.46. The van der Waals surface area contributed by atoms with Gasteiger partial charge in [-0.05, 0) is 36.4 Å². The summed E-state index contributed by atoms with van der Waals surface area (Å²) in [6.07, 6.45) is 2.50. The highest BCUT2D eigenvalue weighted by Gasteiger charge is 2.21. The van der Waals surface area contributed by atoms with Gasteiger partial charge in [0, 0.05) is 39.3 Å². The van der Waals surface area contributed by atoms with E-state index >= 15 is 0 Å². The Bertz CT molecular complexity index is 552. The van der Waals surface area contributed by atoms with Gasteiger partial charge in [-0.25, -0.2) is 0 Å². The van der Waals surface area contributed by atoms with Crippen molar-refractivity contribution in [3.63, 3.8) is 0 Å². The van der Waals surface area contributed by atoms with Crippen LogP contribution in [0, 0.1) is 5.92 Å². The van der Waals surface area contributed by atoms with Gasteiger partial charge in [-0.2, -0.15) is 0 Å². The van der Waals surface area contributed by atoms with E-state index in [0.29, 0.717) is 12.5 Å². The van der Waals surface area contributed by atoms with Gasteiger partial charge in [-0.1, -0.05) is 31.2 Å². The van der Waals surface area contributed by atoms with Gasteiger partial charge in [0.2, 0.25) is 5.91 Å². The molecule has 0 unspecified atom stereocenters. The zero-order valence-electron chi connectivity index (χ0n) is 15.4. The largest absolute Gasteiger partial charge is 0.371 e. The molecular weight excluding hydrogens is 314 g/mol. The van der Waals surface area contributed by atoms with Crippen LogP contribution in [0.5, 0.6) is 0 Å². The molecule has 3 rings (SSSR count). The summed E-state index contributed by atoms with van der Waals surface area (Å²) in [7, 11) is 0. The van der Waals surface area contributed by atoms with Crippen LogP contribution in [-0.2, 0) is 22.6 Å². The number of carbonyl (C=O) groups excluding carboxylic acids is 1. The van der Waals surface area contributed by atoms with E-state index in [1.54, 1.807) is 0 Å². The second-order valence-corrected chi connectivity index (χ2v) is 7.21. The van der Waals surface area contributed by atoms with Gasteiger partial charge in [-0.15, -0.1) is 0 Å². The first-order valence-corrected chi connectivity index (χ1v) is 9.60. The number of likely N-dealkylation sites (N-methyl/N-ethyl adjacent to an activating group) is 1. The fourth-order valence-corrected chi connectivity index (χ4v) is 3.24. The lowest BCUT2D eigenvalue weighted by molar-refractivity contribution is -0.126. The van der Waals surface area contributed by atoms with Crippen LogP contribution in [0.1, 0.15) is 30.9 Å². The van der Waals surface area contributed by atoms with Gasteiger partial charge in [0.1, 0.15) is 6.61 Å². The monoisotopic (exact) mass is 345 g/mol. The maximum atomic E-state index is 11.9. The van der Waals surface area contributed by atoms with Gasteiger partial charge in [0.15, 0.2) is 0 Å². The third kappa shape index (κ3) is 6.10. The number of piperazine rings is 1. The molecule has 1 aromatic carbocycles. The van der Waals surface area contributed by atoms with Gasteiger partial charge < -0.3 is 15.0 Å². The molecule has 1 N–H and O–H groups in total. The zero-order valence-corrected chi connectivity index (χ0v) is 15.4. The average Bonchev–Trinajstić information content (AvgIpc) is 3.46. The lowest BCUT2D eigenvalue weighted by Gasteiger charge is -2.34. The van der Waals surface area contributed by atoms with Gasteiger partial charge >= 0.3 is 0 Å². The molecule has 5 heteroatoms. The minimum atomic E-state index is -0.0213. The zero-order chi connectivity index (χ0) is 17.5. The molecule has 1 aliphatic heterocycles. The maximum Gasteiger partial charge on any atom is 0.246 e. The topological polar surface area (TPSA) is 44.8 Å². The molecular formula is C20H31N3O2. The molecule has 5 nitrogen and oxygen atoms in total. The Balaban J connectivity index is 1.44. The van der Waals surface area contributed by atoms with Crippen molar-refractivity contribution in [1.29, 1.82) is 0 Å². The number of amides is 1. The molecule has 1 heterocycles. The molecule has 0 aromatic heterocycles. The summed E-state index contributed by atoms with van der Waals surface area (Å²) in [6.45, 7) is 10.3. The van der Waals surface area contributed by atoms with Crippen molar-refractivity contribution in [2.24, 2.45) is 5.92 Å². The number of rotatable bonds is 9. The smallest absolute Gasteiger partial charge is 0.246 e. The van der Waals surface area contributed by atoms with E-state index in [9.17, 15) is 4.79 Å². The van der Waals surface area contributed by atoms with Crippen LogP contribution in [0.4, 0.5) is 0 Å². The molecule has 0 spiro atoms. The Morgan fingerprint density at radius 3 is 2.48 bits per heavy atom. The summed E-state index contributed by atoms with van der Waals surface area (Å²) in [6, 6.07) is 8.42. The van der Waals surface area contributed by atoms with Crippen molar-refractivity contribution in [2.75, 3.05) is 45.9 Å². The third-order valence-electron chi connectivity index (χ3n) is 5.18. The van der Waals surface area contributed by atoms with Crippen LogP contribution in [0.2, 0.25) is 0 Å². The fourth-order valence-electron chi connectivity index (χ4n) is 3.24. The van der Waals surface area contributed by atoms with Gasteiger partial charge in [0.25, 0.3) is 0 Å². The minimum absolute atomic E-state index is 0.0213. The molecule has 1 amide bonds. The van der Waals surface area contributed by atoms with Crippen molar-refractivity contribution in [3.8, 4) is 0 Å². The van der Waals surface area contributed by atoms with Crippen LogP contribution in [0.3, 0.4) is 0 Å². The predicted octanol–water partition coefficient (Wildman–Crippen LogP) is 1.87. The first-order chi connectivity index (χ1) is 12.2. The number of ether oxygens (including phenoxy) is 1. The highest BCUT2D eigenvalue weighted by molar-refractivity contribution is 5.77. The van der Waals surface area contributed by atoms with E-state index in [1.165, 1.54) is 24.0 Å². The van der Waals surface area contributed by atoms with Gasteiger partial charge in [0.05, 0.1) is 6.61 Å². The molecule has 1 aliphatic carbocycles. The van der Waals surface area contributed by atoms with E-state index < -0.39 is 0 Å². The van der Waals surface area contributed by atoms with Crippen LogP contribution in [-0.4, -0.2) is 61.6 Å². The average molecular weight is 345 g/mol. The second kappa shape index (κ2) is 9.32. The van der Waals surface area contributed by atoms with Crippen LogP contribution in [0.15, 0.2) is 24.3 Å². The molecule has 2 aliphatic rings. The standard InChI is InChI=1S/C20H31N3O2/c1-2-22-9-11-23(12-10-22)14-19-6-4-3-5-18(19)13-21-20(24)16-25-15-17-7-8-17/h3-6,17H,2,7-16H2,1H3,(H,21,24). The van der Waals surface area contributed by atoms with Crippen molar-refractivity contribution < 1.29 is 9.53 Å². The summed E-state index contributed by atoms with van der Waals surface area (Å²) >= 11 is 0. The van der Waals surface area contributed by atoms with Crippen LogP contribution in [0.25, 0.3) is 0 Å². The lowest BCUT2D eigenvalue weighted by atomic mass is 10.1. The highest BCUT2D eigenvalue weighted by atomic mass is 16.5. The predicted molar refractivity (Wildman–Crippen MR) is 99.2 cm³/mol. The van der Waals surface area contributed by atoms with Gasteiger partial charge in [-0.3, -0.25) is 9.69 Å². The molecule has 25 heavy (non-hydrogen) atoms. The number of nitrogens with zero attached hydrogens (tertiary/aromatic N) is 2. The Morgan fingerprint density at radius 1 is 1.12 bits per heavy atom. The van der Waals surface area contributed by atoms with Crippen molar-refractivity contribution >= 4 is 5.91 Å². The summed E-state index contributed by atoms with van der Waals surface area (Å²) in [4.78, 5) is 16.9. The maximum absolute atomic E-state index is 11.9. The lowest BCUT2D eigenvalue weighted by Crippen LogP contribution is -2.45. The fraction of sp³-hybridized carbons (Fsp3) is 0.650. The summed E-state index contributed by atoms with van der Waals surface area (Å²) in [5.74, 6) is 0.675. The molecule has 0 radical (unpaired) electrons. The van der Waals surface area contributed by atoms with E-state index in [1.807, 2.05) is 6.07 Å². The number of carbonyl (C=O) groups is 1. The SMILES string of the molecule is CCN1CCN(Cc2ccccc2CNC(=O)COCC2CC2)CC1. The number of hydrogen-bond acceptors (Lipinski definition) is 4. The Hall–Kier alpha value is -1.43. The van der Waals surface area contributed by atoms with Crippen molar-refractivity contribution in [1.82, 2.24) is 15.1 Å². The third-order valence-corrected chi connectivity index (χ3v) is 5.18. The molecule has 0 bridgehead atoms. The van der Waals surface area contributed by atoms with E-state index in [0.717, 1.165) is 45.9 Å².